The number of carbonyl (C=O) groups excluding carboxylic acids is 1. The van der Waals surface area contributed by atoms with E-state index in [1.54, 1.807) is 66.7 Å². The molecule has 1 atom stereocenters. The van der Waals surface area contributed by atoms with Crippen molar-refractivity contribution in [3.05, 3.63) is 102 Å². The maximum Gasteiger partial charge on any atom is 0.326 e. The van der Waals surface area contributed by atoms with Gasteiger partial charge in [0.2, 0.25) is 5.91 Å². The van der Waals surface area contributed by atoms with Gasteiger partial charge in [0.25, 0.3) is 0 Å². The summed E-state index contributed by atoms with van der Waals surface area (Å²) in [6.07, 6.45) is -0.241. The predicted molar refractivity (Wildman–Crippen MR) is 117 cm³/mol. The number of aliphatic carboxylic acids is 1. The summed E-state index contributed by atoms with van der Waals surface area (Å²) in [5, 5.41) is 12.1. The molecule has 0 heterocycles. The maximum atomic E-state index is 13.1. The first-order valence-electron chi connectivity index (χ1n) is 9.79. The standard InChI is InChI=1S/C24H23NO5S/c26-23(22(18-10-4-1-5-11-18)19-12-6-2-7-13-19)25-21(24(27)28)16-17-31(29,30)20-14-8-3-9-15-20/h1-15,21-22H,16-17H2,(H,25,26)(H,27,28)/t21-/m1/s1. The van der Waals surface area contributed by atoms with Gasteiger partial charge in [0.1, 0.15) is 6.04 Å². The lowest BCUT2D eigenvalue weighted by molar-refractivity contribution is -0.141. The molecule has 7 heteroatoms. The van der Waals surface area contributed by atoms with Crippen LogP contribution in [0.4, 0.5) is 0 Å². The van der Waals surface area contributed by atoms with Crippen molar-refractivity contribution >= 4 is 21.7 Å². The first-order chi connectivity index (χ1) is 14.9. The zero-order chi connectivity index (χ0) is 22.3. The van der Waals surface area contributed by atoms with Gasteiger partial charge in [-0.3, -0.25) is 4.79 Å². The van der Waals surface area contributed by atoms with E-state index in [0.717, 1.165) is 0 Å². The Morgan fingerprint density at radius 3 is 1.68 bits per heavy atom. The average molecular weight is 438 g/mol. The molecule has 3 aromatic rings. The highest BCUT2D eigenvalue weighted by atomic mass is 32.2. The Balaban J connectivity index is 1.79. The molecule has 0 aromatic heterocycles. The molecule has 0 spiro atoms. The van der Waals surface area contributed by atoms with Crippen LogP contribution in [0, 0.1) is 0 Å². The van der Waals surface area contributed by atoms with Crippen LogP contribution in [-0.2, 0) is 19.4 Å². The number of rotatable bonds is 9. The number of nitrogens with one attached hydrogen (secondary N) is 1. The van der Waals surface area contributed by atoms with Gasteiger partial charge in [-0.05, 0) is 29.7 Å². The summed E-state index contributed by atoms with van der Waals surface area (Å²) in [5.74, 6) is -2.89. The van der Waals surface area contributed by atoms with E-state index in [0.29, 0.717) is 11.1 Å². The van der Waals surface area contributed by atoms with Crippen molar-refractivity contribution in [3.63, 3.8) is 0 Å². The molecular formula is C24H23NO5S. The molecule has 6 nitrogen and oxygen atoms in total. The molecule has 0 saturated carbocycles. The summed E-state index contributed by atoms with van der Waals surface area (Å²) in [7, 11) is -3.66. The lowest BCUT2D eigenvalue weighted by atomic mass is 9.90. The fraction of sp³-hybridized carbons (Fsp3) is 0.167. The van der Waals surface area contributed by atoms with Crippen LogP contribution in [0.2, 0.25) is 0 Å². The second-order valence-electron chi connectivity index (χ2n) is 7.07. The average Bonchev–Trinajstić information content (AvgIpc) is 2.78. The summed E-state index contributed by atoms with van der Waals surface area (Å²) < 4.78 is 25.0. The normalized spacial score (nSPS) is 12.3. The highest BCUT2D eigenvalue weighted by Gasteiger charge is 2.29. The van der Waals surface area contributed by atoms with Crippen LogP contribution in [0.3, 0.4) is 0 Å². The van der Waals surface area contributed by atoms with Crippen LogP contribution >= 0.6 is 0 Å². The zero-order valence-corrected chi connectivity index (χ0v) is 17.5. The summed E-state index contributed by atoms with van der Waals surface area (Å²) in [5.41, 5.74) is 1.43. The number of benzene rings is 3. The van der Waals surface area contributed by atoms with Gasteiger partial charge >= 0.3 is 5.97 Å². The van der Waals surface area contributed by atoms with E-state index < -0.39 is 39.4 Å². The molecular weight excluding hydrogens is 414 g/mol. The Hall–Kier alpha value is -3.45. The number of hydrogen-bond donors (Lipinski definition) is 2. The fourth-order valence-electron chi connectivity index (χ4n) is 3.32. The number of hydrogen-bond acceptors (Lipinski definition) is 4. The Bertz CT molecular complexity index is 1080. The topological polar surface area (TPSA) is 101 Å². The monoisotopic (exact) mass is 437 g/mol. The van der Waals surface area contributed by atoms with Gasteiger partial charge in [-0.25, -0.2) is 13.2 Å². The lowest BCUT2D eigenvalue weighted by Gasteiger charge is -2.21. The number of carbonyl (C=O) groups is 2. The molecule has 0 aliphatic rings. The zero-order valence-electron chi connectivity index (χ0n) is 16.7. The molecule has 0 fully saturated rings. The Kier molecular flexibility index (Phi) is 7.20. The van der Waals surface area contributed by atoms with Crippen molar-refractivity contribution in [2.24, 2.45) is 0 Å². The minimum atomic E-state index is -3.66. The molecule has 3 rings (SSSR count). The van der Waals surface area contributed by atoms with Crippen molar-refractivity contribution in [1.29, 1.82) is 0 Å². The molecule has 2 N–H and O–H groups in total. The summed E-state index contributed by atoms with van der Waals surface area (Å²) in [6.45, 7) is 0. The molecule has 0 bridgehead atoms. The van der Waals surface area contributed by atoms with Gasteiger partial charge in [-0.1, -0.05) is 78.9 Å². The molecule has 31 heavy (non-hydrogen) atoms. The first-order valence-corrected chi connectivity index (χ1v) is 11.4. The minimum Gasteiger partial charge on any atom is -0.480 e. The van der Waals surface area contributed by atoms with Crippen LogP contribution in [-0.4, -0.2) is 37.2 Å². The molecule has 0 radical (unpaired) electrons. The van der Waals surface area contributed by atoms with Crippen molar-refractivity contribution in [2.45, 2.75) is 23.3 Å². The van der Waals surface area contributed by atoms with E-state index in [4.69, 9.17) is 0 Å². The lowest BCUT2D eigenvalue weighted by Crippen LogP contribution is -2.44. The quantitative estimate of drug-likeness (QED) is 0.535. The van der Waals surface area contributed by atoms with Gasteiger partial charge < -0.3 is 10.4 Å². The Morgan fingerprint density at radius 1 is 0.774 bits per heavy atom. The van der Waals surface area contributed by atoms with Gasteiger partial charge in [0, 0.05) is 0 Å². The number of sulfone groups is 1. The van der Waals surface area contributed by atoms with E-state index in [1.165, 1.54) is 12.1 Å². The van der Waals surface area contributed by atoms with Crippen molar-refractivity contribution in [1.82, 2.24) is 5.32 Å². The molecule has 0 unspecified atom stereocenters. The summed E-state index contributed by atoms with van der Waals surface area (Å²) in [4.78, 5) is 25.0. The maximum absolute atomic E-state index is 13.1. The van der Waals surface area contributed by atoms with Crippen molar-refractivity contribution in [2.75, 3.05) is 5.75 Å². The Labute approximate surface area is 181 Å². The predicted octanol–water partition coefficient (Wildman–Crippen LogP) is 3.25. The molecule has 1 amide bonds. The third-order valence-corrected chi connectivity index (χ3v) is 6.68. The molecule has 0 aliphatic carbocycles. The second-order valence-corrected chi connectivity index (χ2v) is 9.18. The highest BCUT2D eigenvalue weighted by molar-refractivity contribution is 7.91. The largest absolute Gasteiger partial charge is 0.480 e. The van der Waals surface area contributed by atoms with E-state index in [-0.39, 0.29) is 11.3 Å². The van der Waals surface area contributed by atoms with E-state index in [1.807, 2.05) is 12.1 Å². The summed E-state index contributed by atoms with van der Waals surface area (Å²) in [6, 6.07) is 24.6. The minimum absolute atomic E-state index is 0.122. The van der Waals surface area contributed by atoms with Crippen molar-refractivity contribution in [3.8, 4) is 0 Å². The number of carboxylic acids is 1. The smallest absolute Gasteiger partial charge is 0.326 e. The van der Waals surface area contributed by atoms with Gasteiger partial charge in [-0.15, -0.1) is 0 Å². The van der Waals surface area contributed by atoms with E-state index in [9.17, 15) is 23.1 Å². The summed E-state index contributed by atoms with van der Waals surface area (Å²) >= 11 is 0. The Morgan fingerprint density at radius 2 is 1.23 bits per heavy atom. The third-order valence-electron chi connectivity index (χ3n) is 4.92. The third kappa shape index (κ3) is 5.79. The molecule has 0 saturated heterocycles. The fourth-order valence-corrected chi connectivity index (χ4v) is 4.67. The van der Waals surface area contributed by atoms with E-state index >= 15 is 0 Å². The first kappa shape index (κ1) is 22.2. The second kappa shape index (κ2) is 10.0. The van der Waals surface area contributed by atoms with Crippen LogP contribution in [0.1, 0.15) is 23.5 Å². The van der Waals surface area contributed by atoms with Gasteiger partial charge in [0.05, 0.1) is 16.6 Å². The van der Waals surface area contributed by atoms with Gasteiger partial charge in [0.15, 0.2) is 9.84 Å². The highest BCUT2D eigenvalue weighted by Crippen LogP contribution is 2.25. The SMILES string of the molecule is O=C(N[C@H](CCS(=O)(=O)c1ccccc1)C(=O)O)C(c1ccccc1)c1ccccc1. The number of amides is 1. The molecule has 0 aliphatic heterocycles. The van der Waals surface area contributed by atoms with Crippen LogP contribution in [0.5, 0.6) is 0 Å². The van der Waals surface area contributed by atoms with Crippen molar-refractivity contribution < 1.29 is 23.1 Å². The number of carboxylic acid groups (broad SMARTS) is 1. The van der Waals surface area contributed by atoms with Crippen LogP contribution in [0.15, 0.2) is 95.9 Å². The molecule has 3 aromatic carbocycles. The van der Waals surface area contributed by atoms with Crippen LogP contribution < -0.4 is 5.32 Å². The van der Waals surface area contributed by atoms with Crippen LogP contribution in [0.25, 0.3) is 0 Å². The van der Waals surface area contributed by atoms with Gasteiger partial charge in [-0.2, -0.15) is 0 Å². The van der Waals surface area contributed by atoms with E-state index in [2.05, 4.69) is 5.32 Å². The molecule has 160 valence electrons.